The van der Waals surface area contributed by atoms with Crippen LogP contribution < -0.4 is 0 Å². The average Bonchev–Trinajstić information content (AvgIpc) is 2.42. The average molecular weight is 238 g/mol. The first kappa shape index (κ1) is 12.9. The first-order valence-corrected chi connectivity index (χ1v) is 6.92. The van der Waals surface area contributed by atoms with Gasteiger partial charge in [-0.3, -0.25) is 0 Å². The molecule has 0 amide bonds. The molecule has 0 fully saturated rings. The zero-order valence-corrected chi connectivity index (χ0v) is 11.4. The summed E-state index contributed by atoms with van der Waals surface area (Å²) >= 11 is 0. The highest BCUT2D eigenvalue weighted by Crippen LogP contribution is 2.17. The van der Waals surface area contributed by atoms with Crippen LogP contribution in [0.5, 0.6) is 0 Å². The maximum absolute atomic E-state index is 2.28. The monoisotopic (exact) mass is 238 g/mol. The minimum Gasteiger partial charge on any atom is -0.0622 e. The zero-order valence-electron chi connectivity index (χ0n) is 11.4. The van der Waals surface area contributed by atoms with Crippen molar-refractivity contribution in [3.8, 4) is 0 Å². The number of rotatable bonds is 5. The van der Waals surface area contributed by atoms with Crippen LogP contribution in [-0.2, 0) is 19.3 Å². The molecule has 0 aliphatic rings. The van der Waals surface area contributed by atoms with Gasteiger partial charge in [-0.05, 0) is 54.9 Å². The zero-order chi connectivity index (χ0) is 12.8. The lowest BCUT2D eigenvalue weighted by Crippen LogP contribution is -1.96. The number of benzene rings is 2. The van der Waals surface area contributed by atoms with E-state index in [0.717, 1.165) is 6.42 Å². The molecule has 18 heavy (non-hydrogen) atoms. The molecule has 2 aromatic carbocycles. The Hall–Kier alpha value is -1.56. The molecular weight excluding hydrogens is 216 g/mol. The fourth-order valence-corrected chi connectivity index (χ4v) is 2.52. The third-order valence-corrected chi connectivity index (χ3v) is 3.69. The van der Waals surface area contributed by atoms with Crippen LogP contribution in [0.25, 0.3) is 0 Å². The molecule has 2 rings (SSSR count). The quantitative estimate of drug-likeness (QED) is 0.706. The van der Waals surface area contributed by atoms with E-state index in [1.165, 1.54) is 41.5 Å². The van der Waals surface area contributed by atoms with Crippen LogP contribution in [0.4, 0.5) is 0 Å². The Morgan fingerprint density at radius 3 is 2.22 bits per heavy atom. The molecule has 0 saturated carbocycles. The van der Waals surface area contributed by atoms with E-state index in [-0.39, 0.29) is 0 Å². The first-order valence-electron chi connectivity index (χ1n) is 6.92. The van der Waals surface area contributed by atoms with Crippen LogP contribution in [0.15, 0.2) is 48.5 Å². The van der Waals surface area contributed by atoms with Crippen molar-refractivity contribution in [1.29, 1.82) is 0 Å². The van der Waals surface area contributed by atoms with Gasteiger partial charge >= 0.3 is 0 Å². The standard InChI is InChI=1S/C18H22/c1-3-17-12-8-14-18(15(17)2)13-7-11-16-9-5-4-6-10-16/h4-6,8-10,12,14H,3,7,11,13H2,1-2H3. The van der Waals surface area contributed by atoms with E-state index in [9.17, 15) is 0 Å². The number of hydrogen-bond donors (Lipinski definition) is 0. The van der Waals surface area contributed by atoms with Crippen molar-refractivity contribution in [3.63, 3.8) is 0 Å². The van der Waals surface area contributed by atoms with Gasteiger partial charge in [0.15, 0.2) is 0 Å². The van der Waals surface area contributed by atoms with Crippen molar-refractivity contribution in [2.45, 2.75) is 39.5 Å². The van der Waals surface area contributed by atoms with Gasteiger partial charge in [0.1, 0.15) is 0 Å². The molecule has 0 saturated heterocycles. The van der Waals surface area contributed by atoms with E-state index in [4.69, 9.17) is 0 Å². The summed E-state index contributed by atoms with van der Waals surface area (Å²) in [5.74, 6) is 0. The van der Waals surface area contributed by atoms with Gasteiger partial charge < -0.3 is 0 Å². The first-order chi connectivity index (χ1) is 8.81. The van der Waals surface area contributed by atoms with Gasteiger partial charge in [-0.25, -0.2) is 0 Å². The Kier molecular flexibility index (Phi) is 4.58. The third kappa shape index (κ3) is 3.22. The lowest BCUT2D eigenvalue weighted by atomic mass is 9.96. The van der Waals surface area contributed by atoms with E-state index in [1.807, 2.05) is 0 Å². The fourth-order valence-electron chi connectivity index (χ4n) is 2.52. The fraction of sp³-hybridized carbons (Fsp3) is 0.333. The van der Waals surface area contributed by atoms with Crippen molar-refractivity contribution < 1.29 is 0 Å². The molecule has 2 aromatic rings. The maximum Gasteiger partial charge on any atom is -0.0273 e. The molecule has 0 aromatic heterocycles. The Morgan fingerprint density at radius 1 is 0.778 bits per heavy atom. The van der Waals surface area contributed by atoms with Gasteiger partial charge in [0, 0.05) is 0 Å². The van der Waals surface area contributed by atoms with Crippen molar-refractivity contribution in [2.24, 2.45) is 0 Å². The highest BCUT2D eigenvalue weighted by Gasteiger charge is 2.02. The number of hydrogen-bond acceptors (Lipinski definition) is 0. The Bertz CT molecular complexity index is 483. The second kappa shape index (κ2) is 6.39. The molecule has 0 radical (unpaired) electrons. The van der Waals surface area contributed by atoms with Gasteiger partial charge in [0.2, 0.25) is 0 Å². The smallest absolute Gasteiger partial charge is 0.0273 e. The molecule has 0 heteroatoms. The second-order valence-corrected chi connectivity index (χ2v) is 4.89. The summed E-state index contributed by atoms with van der Waals surface area (Å²) in [5, 5.41) is 0. The van der Waals surface area contributed by atoms with Crippen LogP contribution in [-0.4, -0.2) is 0 Å². The van der Waals surface area contributed by atoms with Gasteiger partial charge in [0.05, 0.1) is 0 Å². The van der Waals surface area contributed by atoms with Crippen LogP contribution in [0.2, 0.25) is 0 Å². The van der Waals surface area contributed by atoms with E-state index >= 15 is 0 Å². The molecule has 0 aliphatic carbocycles. The molecule has 0 spiro atoms. The van der Waals surface area contributed by atoms with Crippen LogP contribution >= 0.6 is 0 Å². The minimum atomic E-state index is 1.14. The predicted octanol–water partition coefficient (Wildman–Crippen LogP) is 4.73. The van der Waals surface area contributed by atoms with E-state index in [0.29, 0.717) is 0 Å². The van der Waals surface area contributed by atoms with Gasteiger partial charge in [0.25, 0.3) is 0 Å². The molecule has 94 valence electrons. The molecule has 0 aliphatic heterocycles. The van der Waals surface area contributed by atoms with Crippen LogP contribution in [0, 0.1) is 6.92 Å². The Labute approximate surface area is 111 Å². The summed E-state index contributed by atoms with van der Waals surface area (Å²) in [6.45, 7) is 4.49. The van der Waals surface area contributed by atoms with E-state index < -0.39 is 0 Å². The van der Waals surface area contributed by atoms with Gasteiger partial charge in [-0.15, -0.1) is 0 Å². The van der Waals surface area contributed by atoms with Crippen molar-refractivity contribution in [3.05, 3.63) is 70.8 Å². The Morgan fingerprint density at radius 2 is 1.50 bits per heavy atom. The summed E-state index contributed by atoms with van der Waals surface area (Å²) < 4.78 is 0. The maximum atomic E-state index is 2.28. The van der Waals surface area contributed by atoms with Gasteiger partial charge in [-0.2, -0.15) is 0 Å². The molecule has 0 atom stereocenters. The minimum absolute atomic E-state index is 1.14. The largest absolute Gasteiger partial charge is 0.0622 e. The predicted molar refractivity (Wildman–Crippen MR) is 79.0 cm³/mol. The molecule has 0 unspecified atom stereocenters. The lowest BCUT2D eigenvalue weighted by molar-refractivity contribution is 0.813. The normalized spacial score (nSPS) is 10.6. The summed E-state index contributed by atoms with van der Waals surface area (Å²) in [6.07, 6.45) is 4.74. The lowest BCUT2D eigenvalue weighted by Gasteiger charge is -2.10. The van der Waals surface area contributed by atoms with E-state index in [1.54, 1.807) is 0 Å². The SMILES string of the molecule is CCc1cccc(CCCc2ccccc2)c1C. The number of aryl methyl sites for hydroxylation is 3. The van der Waals surface area contributed by atoms with Gasteiger partial charge in [-0.1, -0.05) is 55.5 Å². The highest BCUT2D eigenvalue weighted by molar-refractivity contribution is 5.34. The van der Waals surface area contributed by atoms with Crippen molar-refractivity contribution >= 4 is 0 Å². The summed E-state index contributed by atoms with van der Waals surface area (Å²) in [6, 6.07) is 17.5. The van der Waals surface area contributed by atoms with Crippen LogP contribution in [0.3, 0.4) is 0 Å². The Balaban J connectivity index is 1.95. The summed E-state index contributed by atoms with van der Waals surface area (Å²) in [5.41, 5.74) is 5.95. The second-order valence-electron chi connectivity index (χ2n) is 4.89. The van der Waals surface area contributed by atoms with E-state index in [2.05, 4.69) is 62.4 Å². The summed E-state index contributed by atoms with van der Waals surface area (Å²) in [7, 11) is 0. The molecule has 0 bridgehead atoms. The molecule has 0 heterocycles. The molecule has 0 nitrogen and oxygen atoms in total. The van der Waals surface area contributed by atoms with Crippen molar-refractivity contribution in [2.75, 3.05) is 0 Å². The summed E-state index contributed by atoms with van der Waals surface area (Å²) in [4.78, 5) is 0. The topological polar surface area (TPSA) is 0 Å². The third-order valence-electron chi connectivity index (χ3n) is 3.69. The van der Waals surface area contributed by atoms with Crippen molar-refractivity contribution in [1.82, 2.24) is 0 Å². The molecule has 0 N–H and O–H groups in total. The highest BCUT2D eigenvalue weighted by atomic mass is 14.1. The molecular formula is C18H22. The van der Waals surface area contributed by atoms with Crippen LogP contribution in [0.1, 0.15) is 35.6 Å².